The molecule has 0 saturated carbocycles. The summed E-state index contributed by atoms with van der Waals surface area (Å²) >= 11 is 6.18. The number of rotatable bonds is 6. The molecule has 0 spiro atoms. The van der Waals surface area contributed by atoms with Crippen LogP contribution in [0.15, 0.2) is 42.5 Å². The molecular weight excluding hydrogens is 278 g/mol. The summed E-state index contributed by atoms with van der Waals surface area (Å²) in [5.41, 5.74) is 5.39. The second-order valence-electron chi connectivity index (χ2n) is 5.29. The van der Waals surface area contributed by atoms with Gasteiger partial charge in [0, 0.05) is 5.02 Å². The fourth-order valence-corrected chi connectivity index (χ4v) is 2.95. The number of benzene rings is 2. The first-order valence-electron chi connectivity index (χ1n) is 7.80. The second kappa shape index (κ2) is 7.63. The summed E-state index contributed by atoms with van der Waals surface area (Å²) in [6.07, 6.45) is 2.10. The molecule has 2 aromatic rings. The summed E-state index contributed by atoms with van der Waals surface area (Å²) in [6, 6.07) is 15.2. The first-order valence-corrected chi connectivity index (χ1v) is 8.17. The van der Waals surface area contributed by atoms with E-state index in [-0.39, 0.29) is 6.04 Å². The maximum Gasteiger partial charge on any atom is 0.0579 e. The van der Waals surface area contributed by atoms with Crippen LogP contribution >= 0.6 is 11.6 Å². The molecule has 0 amide bonds. The zero-order valence-corrected chi connectivity index (χ0v) is 13.9. The van der Waals surface area contributed by atoms with Gasteiger partial charge in [-0.1, -0.05) is 62.7 Å². The Hall–Kier alpha value is -1.31. The standard InChI is InChI=1S/C19H24ClN/c1-4-14-10-11-15(5-2)18(12-14)19(21-6-3)16-8-7-9-17(20)13-16/h7-13,19,21H,4-6H2,1-3H3. The van der Waals surface area contributed by atoms with Gasteiger partial charge in [-0.15, -0.1) is 0 Å². The number of halogens is 1. The van der Waals surface area contributed by atoms with E-state index < -0.39 is 0 Å². The molecule has 0 heterocycles. The van der Waals surface area contributed by atoms with Gasteiger partial charge in [-0.05, 0) is 53.8 Å². The van der Waals surface area contributed by atoms with Gasteiger partial charge >= 0.3 is 0 Å². The molecule has 0 bridgehead atoms. The molecule has 1 atom stereocenters. The Morgan fingerprint density at radius 1 is 1.00 bits per heavy atom. The zero-order valence-electron chi connectivity index (χ0n) is 13.1. The van der Waals surface area contributed by atoms with E-state index in [0.717, 1.165) is 24.4 Å². The molecule has 2 heteroatoms. The lowest BCUT2D eigenvalue weighted by molar-refractivity contribution is 0.625. The number of nitrogens with one attached hydrogen (secondary N) is 1. The minimum atomic E-state index is 0.204. The smallest absolute Gasteiger partial charge is 0.0579 e. The fourth-order valence-electron chi connectivity index (χ4n) is 2.75. The van der Waals surface area contributed by atoms with Gasteiger partial charge in [0.15, 0.2) is 0 Å². The van der Waals surface area contributed by atoms with E-state index in [4.69, 9.17) is 11.6 Å². The molecule has 21 heavy (non-hydrogen) atoms. The van der Waals surface area contributed by atoms with Crippen molar-refractivity contribution in [2.75, 3.05) is 6.54 Å². The summed E-state index contributed by atoms with van der Waals surface area (Å²) in [6.45, 7) is 7.49. The maximum absolute atomic E-state index is 6.18. The average Bonchev–Trinajstić information content (AvgIpc) is 2.52. The van der Waals surface area contributed by atoms with E-state index in [2.05, 4.69) is 56.4 Å². The molecule has 0 fully saturated rings. The lowest BCUT2D eigenvalue weighted by Crippen LogP contribution is -2.23. The third-order valence-electron chi connectivity index (χ3n) is 3.90. The second-order valence-corrected chi connectivity index (χ2v) is 5.72. The van der Waals surface area contributed by atoms with Gasteiger partial charge in [-0.2, -0.15) is 0 Å². The number of hydrogen-bond acceptors (Lipinski definition) is 1. The summed E-state index contributed by atoms with van der Waals surface area (Å²) in [5, 5.41) is 4.40. The van der Waals surface area contributed by atoms with Crippen LogP contribution in [-0.2, 0) is 12.8 Å². The molecule has 0 saturated heterocycles. The molecule has 0 aliphatic heterocycles. The van der Waals surface area contributed by atoms with Gasteiger partial charge in [0.1, 0.15) is 0 Å². The Kier molecular flexibility index (Phi) is 5.84. The zero-order chi connectivity index (χ0) is 15.2. The minimum absolute atomic E-state index is 0.204. The molecule has 1 nitrogen and oxygen atoms in total. The number of hydrogen-bond donors (Lipinski definition) is 1. The van der Waals surface area contributed by atoms with Crippen molar-refractivity contribution in [1.29, 1.82) is 0 Å². The van der Waals surface area contributed by atoms with Crippen LogP contribution in [0.25, 0.3) is 0 Å². The quantitative estimate of drug-likeness (QED) is 0.776. The average molecular weight is 302 g/mol. The van der Waals surface area contributed by atoms with Gasteiger partial charge in [-0.25, -0.2) is 0 Å². The third-order valence-corrected chi connectivity index (χ3v) is 4.14. The van der Waals surface area contributed by atoms with Crippen molar-refractivity contribution in [3.05, 3.63) is 69.7 Å². The number of aryl methyl sites for hydroxylation is 2. The largest absolute Gasteiger partial charge is 0.307 e. The van der Waals surface area contributed by atoms with Gasteiger partial charge < -0.3 is 5.32 Å². The molecular formula is C19H24ClN. The Labute approximate surface area is 133 Å². The first-order chi connectivity index (χ1) is 10.2. The van der Waals surface area contributed by atoms with Crippen molar-refractivity contribution in [3.63, 3.8) is 0 Å². The molecule has 0 radical (unpaired) electrons. The summed E-state index contributed by atoms with van der Waals surface area (Å²) < 4.78 is 0. The van der Waals surface area contributed by atoms with E-state index in [9.17, 15) is 0 Å². The van der Waals surface area contributed by atoms with Gasteiger partial charge in [-0.3, -0.25) is 0 Å². The van der Waals surface area contributed by atoms with Crippen LogP contribution in [0, 0.1) is 0 Å². The highest BCUT2D eigenvalue weighted by molar-refractivity contribution is 6.30. The molecule has 0 aliphatic carbocycles. The maximum atomic E-state index is 6.18. The third kappa shape index (κ3) is 3.87. The monoisotopic (exact) mass is 301 g/mol. The van der Waals surface area contributed by atoms with Crippen LogP contribution in [0.1, 0.15) is 49.1 Å². The SMILES string of the molecule is CCNC(c1cccc(Cl)c1)c1cc(CC)ccc1CC. The van der Waals surface area contributed by atoms with E-state index in [1.165, 1.54) is 22.3 Å². The van der Waals surface area contributed by atoms with E-state index in [1.54, 1.807) is 0 Å². The predicted octanol–water partition coefficient (Wildman–Crippen LogP) is 5.16. The highest BCUT2D eigenvalue weighted by atomic mass is 35.5. The molecule has 0 aliphatic rings. The lowest BCUT2D eigenvalue weighted by Gasteiger charge is -2.23. The van der Waals surface area contributed by atoms with Crippen molar-refractivity contribution < 1.29 is 0 Å². The van der Waals surface area contributed by atoms with Gasteiger partial charge in [0.2, 0.25) is 0 Å². The van der Waals surface area contributed by atoms with Crippen molar-refractivity contribution in [2.24, 2.45) is 0 Å². The van der Waals surface area contributed by atoms with Gasteiger partial charge in [0.25, 0.3) is 0 Å². The molecule has 2 rings (SSSR count). The van der Waals surface area contributed by atoms with Crippen LogP contribution in [0.5, 0.6) is 0 Å². The Balaban J connectivity index is 2.51. The minimum Gasteiger partial charge on any atom is -0.307 e. The normalized spacial score (nSPS) is 12.4. The Morgan fingerprint density at radius 2 is 1.81 bits per heavy atom. The highest BCUT2D eigenvalue weighted by Crippen LogP contribution is 2.28. The fraction of sp³-hybridized carbons (Fsp3) is 0.368. The van der Waals surface area contributed by atoms with Crippen LogP contribution < -0.4 is 5.32 Å². The molecule has 0 aromatic heterocycles. The van der Waals surface area contributed by atoms with Crippen molar-refractivity contribution >= 4 is 11.6 Å². The molecule has 112 valence electrons. The van der Waals surface area contributed by atoms with Crippen LogP contribution in [-0.4, -0.2) is 6.54 Å². The molecule has 2 aromatic carbocycles. The van der Waals surface area contributed by atoms with Crippen LogP contribution in [0.4, 0.5) is 0 Å². The Bertz CT molecular complexity index is 592. The van der Waals surface area contributed by atoms with Crippen molar-refractivity contribution in [3.8, 4) is 0 Å². The van der Waals surface area contributed by atoms with Crippen LogP contribution in [0.3, 0.4) is 0 Å². The van der Waals surface area contributed by atoms with E-state index in [0.29, 0.717) is 0 Å². The molecule has 1 N–H and O–H groups in total. The highest BCUT2D eigenvalue weighted by Gasteiger charge is 2.16. The Morgan fingerprint density at radius 3 is 2.43 bits per heavy atom. The molecule has 1 unspecified atom stereocenters. The predicted molar refractivity (Wildman–Crippen MR) is 92.2 cm³/mol. The van der Waals surface area contributed by atoms with Gasteiger partial charge in [0.05, 0.1) is 6.04 Å². The lowest BCUT2D eigenvalue weighted by atomic mass is 9.91. The first kappa shape index (κ1) is 16.1. The van der Waals surface area contributed by atoms with E-state index >= 15 is 0 Å². The summed E-state index contributed by atoms with van der Waals surface area (Å²) in [7, 11) is 0. The summed E-state index contributed by atoms with van der Waals surface area (Å²) in [5.74, 6) is 0. The van der Waals surface area contributed by atoms with Crippen LogP contribution in [0.2, 0.25) is 5.02 Å². The topological polar surface area (TPSA) is 12.0 Å². The summed E-state index contributed by atoms with van der Waals surface area (Å²) in [4.78, 5) is 0. The van der Waals surface area contributed by atoms with Crippen molar-refractivity contribution in [2.45, 2.75) is 39.7 Å². The van der Waals surface area contributed by atoms with E-state index in [1.807, 2.05) is 12.1 Å². The van der Waals surface area contributed by atoms with Crippen molar-refractivity contribution in [1.82, 2.24) is 5.32 Å².